The molecule has 0 aliphatic heterocycles. The number of fused-ring (bicyclic) bond motifs is 1. The second kappa shape index (κ2) is 2.35. The van der Waals surface area contributed by atoms with Gasteiger partial charge in [0.25, 0.3) is 0 Å². The Morgan fingerprint density at radius 1 is 1.55 bits per heavy atom. The van der Waals surface area contributed by atoms with Crippen LogP contribution >= 0.6 is 11.6 Å². The largest absolute Gasteiger partial charge is 0.236 e. The van der Waals surface area contributed by atoms with E-state index >= 15 is 0 Å². The van der Waals surface area contributed by atoms with Crippen molar-refractivity contribution in [1.82, 2.24) is 4.98 Å². The molecule has 1 aromatic heterocycles. The molecule has 11 heavy (non-hydrogen) atoms. The highest BCUT2D eigenvalue weighted by atomic mass is 35.5. The molecule has 0 atom stereocenters. The van der Waals surface area contributed by atoms with Gasteiger partial charge in [0.05, 0.1) is 5.69 Å². The maximum atomic E-state index is 5.78. The summed E-state index contributed by atoms with van der Waals surface area (Å²) in [6.07, 6.45) is 5.14. The van der Waals surface area contributed by atoms with E-state index in [0.717, 1.165) is 12.1 Å². The summed E-state index contributed by atoms with van der Waals surface area (Å²) in [5, 5.41) is 0.591. The Hall–Kier alpha value is -0.820. The fourth-order valence-electron chi connectivity index (χ4n) is 1.37. The molecule has 0 spiro atoms. The number of rotatable bonds is 0. The third kappa shape index (κ3) is 1.05. The van der Waals surface area contributed by atoms with Gasteiger partial charge >= 0.3 is 0 Å². The van der Waals surface area contributed by atoms with E-state index in [1.807, 2.05) is 12.1 Å². The van der Waals surface area contributed by atoms with E-state index in [4.69, 9.17) is 11.6 Å². The summed E-state index contributed by atoms with van der Waals surface area (Å²) >= 11 is 5.78. The molecule has 1 nitrogen and oxygen atoms in total. The molecule has 2 rings (SSSR count). The van der Waals surface area contributed by atoms with Crippen molar-refractivity contribution in [3.05, 3.63) is 34.1 Å². The predicted molar refractivity (Wildman–Crippen MR) is 46.7 cm³/mol. The summed E-state index contributed by atoms with van der Waals surface area (Å²) in [4.78, 5) is 4.19. The second-order valence-electron chi connectivity index (χ2n) is 2.73. The van der Waals surface area contributed by atoms with Crippen molar-refractivity contribution in [1.29, 1.82) is 0 Å². The fourth-order valence-corrected chi connectivity index (χ4v) is 1.63. The highest BCUT2D eigenvalue weighted by Gasteiger charge is 2.09. The highest BCUT2D eigenvalue weighted by Crippen LogP contribution is 2.23. The Labute approximate surface area is 70.7 Å². The van der Waals surface area contributed by atoms with Gasteiger partial charge in [-0.2, -0.15) is 0 Å². The van der Waals surface area contributed by atoms with E-state index in [0.29, 0.717) is 5.15 Å². The zero-order valence-corrected chi connectivity index (χ0v) is 7.02. The van der Waals surface area contributed by atoms with Gasteiger partial charge in [-0.3, -0.25) is 0 Å². The topological polar surface area (TPSA) is 12.9 Å². The van der Waals surface area contributed by atoms with Gasteiger partial charge in [-0.05, 0) is 36.6 Å². The number of nitrogens with zero attached hydrogens (tertiary/aromatic N) is 1. The molecule has 0 aromatic carbocycles. The molecule has 0 bridgehead atoms. The number of hydrogen-bond acceptors (Lipinski definition) is 1. The first-order chi connectivity index (χ1) is 5.27. The molecular formula is C9H8ClN. The van der Waals surface area contributed by atoms with Gasteiger partial charge in [-0.15, -0.1) is 0 Å². The lowest BCUT2D eigenvalue weighted by molar-refractivity contribution is 1.16. The number of allylic oxidation sites excluding steroid dienone is 1. The molecule has 0 saturated carbocycles. The van der Waals surface area contributed by atoms with Gasteiger partial charge in [-0.1, -0.05) is 17.7 Å². The Morgan fingerprint density at radius 2 is 2.36 bits per heavy atom. The van der Waals surface area contributed by atoms with Crippen molar-refractivity contribution in [3.63, 3.8) is 0 Å². The van der Waals surface area contributed by atoms with Crippen molar-refractivity contribution in [2.75, 3.05) is 0 Å². The number of aromatic nitrogens is 1. The number of aryl methyl sites for hydroxylation is 1. The molecule has 0 fully saturated rings. The van der Waals surface area contributed by atoms with Crippen LogP contribution in [0.5, 0.6) is 0 Å². The van der Waals surface area contributed by atoms with Gasteiger partial charge in [0.1, 0.15) is 5.15 Å². The quantitative estimate of drug-likeness (QED) is 0.539. The summed E-state index contributed by atoms with van der Waals surface area (Å²) < 4.78 is 0. The van der Waals surface area contributed by atoms with Crippen molar-refractivity contribution in [3.8, 4) is 0 Å². The number of pyridine rings is 1. The Kier molecular flexibility index (Phi) is 1.46. The van der Waals surface area contributed by atoms with Crippen molar-refractivity contribution < 1.29 is 0 Å². The Bertz CT molecular complexity index is 329. The summed E-state index contributed by atoms with van der Waals surface area (Å²) in [5.41, 5.74) is 3.59. The molecule has 0 amide bonds. The first-order valence-corrected chi connectivity index (χ1v) is 3.98. The van der Waals surface area contributed by atoms with E-state index < -0.39 is 0 Å². The molecular weight excluding hydrogens is 158 g/mol. The standard InChI is InChI=1S/C9H8ClN/c1-6-5-9(10)11-8-4-2-3-7(6)8/h2,4-5H,3H2,1H3. The molecule has 0 unspecified atom stereocenters. The average Bonchev–Trinajstić information content (AvgIpc) is 2.34. The third-order valence-electron chi connectivity index (χ3n) is 1.95. The minimum absolute atomic E-state index is 0.591. The van der Waals surface area contributed by atoms with E-state index in [1.165, 1.54) is 11.1 Å². The molecule has 56 valence electrons. The minimum atomic E-state index is 0.591. The van der Waals surface area contributed by atoms with Gasteiger partial charge in [-0.25, -0.2) is 4.98 Å². The summed E-state index contributed by atoms with van der Waals surface area (Å²) in [6.45, 7) is 2.07. The Balaban J connectivity index is 2.66. The van der Waals surface area contributed by atoms with Crippen LogP contribution in [0.15, 0.2) is 12.1 Å². The monoisotopic (exact) mass is 165 g/mol. The highest BCUT2D eigenvalue weighted by molar-refractivity contribution is 6.29. The van der Waals surface area contributed by atoms with Crippen molar-refractivity contribution in [2.45, 2.75) is 13.3 Å². The van der Waals surface area contributed by atoms with E-state index in [1.54, 1.807) is 0 Å². The minimum Gasteiger partial charge on any atom is -0.236 e. The smallest absolute Gasteiger partial charge is 0.130 e. The van der Waals surface area contributed by atoms with Crippen LogP contribution in [0, 0.1) is 6.92 Å². The first kappa shape index (κ1) is 6.86. The van der Waals surface area contributed by atoms with Crippen LogP contribution in [0.1, 0.15) is 16.8 Å². The lowest BCUT2D eigenvalue weighted by Gasteiger charge is -2.02. The molecule has 1 aliphatic carbocycles. The lowest BCUT2D eigenvalue weighted by Crippen LogP contribution is -1.91. The van der Waals surface area contributed by atoms with Gasteiger partial charge in [0, 0.05) is 0 Å². The molecule has 0 N–H and O–H groups in total. The van der Waals surface area contributed by atoms with Gasteiger partial charge < -0.3 is 0 Å². The van der Waals surface area contributed by atoms with Crippen LogP contribution in [-0.2, 0) is 6.42 Å². The first-order valence-electron chi connectivity index (χ1n) is 3.60. The predicted octanol–water partition coefficient (Wildman–Crippen LogP) is 2.61. The van der Waals surface area contributed by atoms with E-state index in [9.17, 15) is 0 Å². The summed E-state index contributed by atoms with van der Waals surface area (Å²) in [7, 11) is 0. The maximum absolute atomic E-state index is 5.78. The number of hydrogen-bond donors (Lipinski definition) is 0. The molecule has 0 saturated heterocycles. The average molecular weight is 166 g/mol. The van der Waals surface area contributed by atoms with Gasteiger partial charge in [0.15, 0.2) is 0 Å². The van der Waals surface area contributed by atoms with Crippen molar-refractivity contribution >= 4 is 17.7 Å². The van der Waals surface area contributed by atoms with Crippen LogP contribution in [0.2, 0.25) is 5.15 Å². The van der Waals surface area contributed by atoms with Crippen LogP contribution < -0.4 is 0 Å². The lowest BCUT2D eigenvalue weighted by atomic mass is 10.1. The molecule has 1 aliphatic rings. The van der Waals surface area contributed by atoms with Crippen molar-refractivity contribution in [2.24, 2.45) is 0 Å². The zero-order chi connectivity index (χ0) is 7.84. The molecule has 2 heteroatoms. The van der Waals surface area contributed by atoms with Crippen LogP contribution in [0.3, 0.4) is 0 Å². The fraction of sp³-hybridized carbons (Fsp3) is 0.222. The second-order valence-corrected chi connectivity index (χ2v) is 3.12. The van der Waals surface area contributed by atoms with E-state index in [2.05, 4.69) is 18.0 Å². The zero-order valence-electron chi connectivity index (χ0n) is 6.26. The number of halogens is 1. The van der Waals surface area contributed by atoms with E-state index in [-0.39, 0.29) is 0 Å². The van der Waals surface area contributed by atoms with Crippen LogP contribution in [-0.4, -0.2) is 4.98 Å². The molecule has 1 heterocycles. The van der Waals surface area contributed by atoms with Crippen LogP contribution in [0.25, 0.3) is 6.08 Å². The summed E-state index contributed by atoms with van der Waals surface area (Å²) in [6, 6.07) is 1.91. The maximum Gasteiger partial charge on any atom is 0.130 e. The Morgan fingerprint density at radius 3 is 3.18 bits per heavy atom. The molecule has 0 radical (unpaired) electrons. The third-order valence-corrected chi connectivity index (χ3v) is 2.14. The SMILES string of the molecule is Cc1cc(Cl)nc2c1CC=C2. The summed E-state index contributed by atoms with van der Waals surface area (Å²) in [5.74, 6) is 0. The molecule has 1 aromatic rings. The van der Waals surface area contributed by atoms with Crippen LogP contribution in [0.4, 0.5) is 0 Å². The van der Waals surface area contributed by atoms with Gasteiger partial charge in [0.2, 0.25) is 0 Å². The normalized spacial score (nSPS) is 13.6.